The zero-order valence-corrected chi connectivity index (χ0v) is 16.0. The first kappa shape index (κ1) is 17.9. The second kappa shape index (κ2) is 6.94. The van der Waals surface area contributed by atoms with Gasteiger partial charge in [0.05, 0.1) is 11.1 Å². The van der Waals surface area contributed by atoms with Gasteiger partial charge in [0, 0.05) is 18.3 Å². The lowest BCUT2D eigenvalue weighted by Gasteiger charge is -2.35. The van der Waals surface area contributed by atoms with Gasteiger partial charge in [-0.1, -0.05) is 30.3 Å². The normalized spacial score (nSPS) is 20.6. The molecule has 27 heavy (non-hydrogen) atoms. The van der Waals surface area contributed by atoms with Gasteiger partial charge in [0.2, 0.25) is 10.0 Å². The molecule has 2 aromatic heterocycles. The van der Waals surface area contributed by atoms with Crippen molar-refractivity contribution in [1.29, 1.82) is 0 Å². The van der Waals surface area contributed by atoms with Crippen LogP contribution >= 0.6 is 0 Å². The summed E-state index contributed by atoms with van der Waals surface area (Å²) in [5.41, 5.74) is 1.02. The van der Waals surface area contributed by atoms with Crippen molar-refractivity contribution < 1.29 is 8.42 Å². The molecule has 8 heteroatoms. The van der Waals surface area contributed by atoms with Gasteiger partial charge in [0.25, 0.3) is 0 Å². The first-order valence-electron chi connectivity index (χ1n) is 9.05. The third-order valence-electron chi connectivity index (χ3n) is 4.96. The Labute approximate surface area is 158 Å². The van der Waals surface area contributed by atoms with Gasteiger partial charge >= 0.3 is 0 Å². The predicted molar refractivity (Wildman–Crippen MR) is 106 cm³/mol. The van der Waals surface area contributed by atoms with Gasteiger partial charge in [-0.25, -0.2) is 22.4 Å². The second-order valence-corrected chi connectivity index (χ2v) is 9.12. The number of anilines is 1. The first-order chi connectivity index (χ1) is 13.0. The van der Waals surface area contributed by atoms with Crippen LogP contribution in [0.4, 0.5) is 5.82 Å². The second-order valence-electron chi connectivity index (χ2n) is 7.28. The maximum absolute atomic E-state index is 12.9. The minimum Gasteiger partial charge on any atom is -0.363 e. The lowest BCUT2D eigenvalue weighted by molar-refractivity contribution is 0.368. The molecule has 1 aliphatic heterocycles. The molecule has 1 saturated heterocycles. The minimum atomic E-state index is -3.58. The smallest absolute Gasteiger partial charge is 0.244 e. The highest BCUT2D eigenvalue weighted by Gasteiger charge is 2.28. The summed E-state index contributed by atoms with van der Waals surface area (Å²) in [6.45, 7) is 4.01. The fraction of sp³-hybridized carbons (Fsp3) is 0.368. The number of rotatable bonds is 5. The van der Waals surface area contributed by atoms with Crippen molar-refractivity contribution in [2.45, 2.75) is 31.1 Å². The maximum atomic E-state index is 12.9. The maximum Gasteiger partial charge on any atom is 0.244 e. The number of aromatic nitrogens is 3. The van der Waals surface area contributed by atoms with Crippen LogP contribution in [0.1, 0.15) is 25.3 Å². The number of nitrogens with zero attached hydrogens (tertiary/aromatic N) is 3. The summed E-state index contributed by atoms with van der Waals surface area (Å²) in [5.74, 6) is 0.589. The molecule has 4 rings (SSSR count). The van der Waals surface area contributed by atoms with E-state index in [9.17, 15) is 8.42 Å². The van der Waals surface area contributed by atoms with Gasteiger partial charge in [-0.3, -0.25) is 0 Å². The molecule has 0 bridgehead atoms. The van der Waals surface area contributed by atoms with Crippen molar-refractivity contribution in [1.82, 2.24) is 19.3 Å². The Balaban J connectivity index is 1.68. The van der Waals surface area contributed by atoms with Crippen LogP contribution in [-0.4, -0.2) is 41.0 Å². The number of hydrogen-bond acceptors (Lipinski definition) is 6. The average Bonchev–Trinajstić information content (AvgIpc) is 3.09. The summed E-state index contributed by atoms with van der Waals surface area (Å²) in [5, 5.41) is 7.60. The number of fused-ring (bicyclic) bond motifs is 1. The molecular formula is C19H23N5O2S. The average molecular weight is 385 g/mol. The predicted octanol–water partition coefficient (Wildman–Crippen LogP) is 2.36. The molecule has 3 heterocycles. The molecule has 7 nitrogen and oxygen atoms in total. The first-order valence-corrected chi connectivity index (χ1v) is 10.7. The molecule has 2 N–H and O–H groups in total. The number of piperidine rings is 1. The molecule has 0 radical (unpaired) electrons. The van der Waals surface area contributed by atoms with Crippen LogP contribution in [0, 0.1) is 0 Å². The molecule has 1 aliphatic rings. The van der Waals surface area contributed by atoms with Crippen molar-refractivity contribution in [3.63, 3.8) is 0 Å². The Hall–Kier alpha value is -2.45. The minimum absolute atomic E-state index is 0.0774. The molecule has 1 unspecified atom stereocenters. The Morgan fingerprint density at radius 2 is 2.04 bits per heavy atom. The van der Waals surface area contributed by atoms with Gasteiger partial charge < -0.3 is 10.6 Å². The molecule has 0 amide bonds. The van der Waals surface area contributed by atoms with Crippen molar-refractivity contribution >= 4 is 26.9 Å². The van der Waals surface area contributed by atoms with Crippen LogP contribution in [0.5, 0.6) is 0 Å². The topological polar surface area (TPSA) is 88.9 Å². The molecule has 0 saturated carbocycles. The fourth-order valence-corrected chi connectivity index (χ4v) is 4.96. The van der Waals surface area contributed by atoms with E-state index in [2.05, 4.69) is 27.5 Å². The number of benzene rings is 1. The van der Waals surface area contributed by atoms with Crippen molar-refractivity contribution in [2.75, 3.05) is 18.4 Å². The zero-order valence-electron chi connectivity index (χ0n) is 15.2. The van der Waals surface area contributed by atoms with E-state index < -0.39 is 10.0 Å². The van der Waals surface area contributed by atoms with Gasteiger partial charge in [-0.15, -0.1) is 0 Å². The van der Waals surface area contributed by atoms with Crippen LogP contribution in [0.2, 0.25) is 0 Å². The molecule has 1 atom stereocenters. The monoisotopic (exact) mass is 385 g/mol. The summed E-state index contributed by atoms with van der Waals surface area (Å²) >= 11 is 0. The van der Waals surface area contributed by atoms with E-state index >= 15 is 0 Å². The Kier molecular flexibility index (Phi) is 4.61. The highest BCUT2D eigenvalue weighted by Crippen LogP contribution is 2.27. The molecule has 0 aliphatic carbocycles. The van der Waals surface area contributed by atoms with E-state index in [1.54, 1.807) is 12.3 Å². The third kappa shape index (κ3) is 3.68. The highest BCUT2D eigenvalue weighted by molar-refractivity contribution is 7.89. The molecule has 1 aromatic carbocycles. The summed E-state index contributed by atoms with van der Waals surface area (Å²) in [4.78, 5) is 8.61. The van der Waals surface area contributed by atoms with E-state index in [1.807, 2.05) is 30.3 Å². The summed E-state index contributed by atoms with van der Waals surface area (Å²) in [6, 6.07) is 10.9. The molecule has 0 spiro atoms. The summed E-state index contributed by atoms with van der Waals surface area (Å²) in [7, 11) is -3.58. The molecule has 1 fully saturated rings. The largest absolute Gasteiger partial charge is 0.363 e. The summed E-state index contributed by atoms with van der Waals surface area (Å²) in [6.07, 6.45) is 5.09. The van der Waals surface area contributed by atoms with Crippen molar-refractivity contribution in [3.8, 4) is 0 Å². The van der Waals surface area contributed by atoms with E-state index in [1.165, 1.54) is 10.3 Å². The SMILES string of the molecule is CC1(Nc2ncnc3c2ccn3S(=O)(=O)Cc2ccccc2)CCCNC1. The van der Waals surface area contributed by atoms with Gasteiger partial charge in [-0.2, -0.15) is 0 Å². The van der Waals surface area contributed by atoms with E-state index in [4.69, 9.17) is 0 Å². The van der Waals surface area contributed by atoms with Gasteiger partial charge in [-0.05, 0) is 37.9 Å². The van der Waals surface area contributed by atoms with Crippen molar-refractivity contribution in [3.05, 3.63) is 54.5 Å². The zero-order chi connectivity index (χ0) is 18.9. The quantitative estimate of drug-likeness (QED) is 0.701. The lowest BCUT2D eigenvalue weighted by Crippen LogP contribution is -2.49. The third-order valence-corrected chi connectivity index (χ3v) is 6.55. The van der Waals surface area contributed by atoms with E-state index in [0.29, 0.717) is 16.9 Å². The van der Waals surface area contributed by atoms with Crippen LogP contribution in [0.25, 0.3) is 11.0 Å². The summed E-state index contributed by atoms with van der Waals surface area (Å²) < 4.78 is 27.1. The molecular weight excluding hydrogens is 362 g/mol. The Morgan fingerprint density at radius 3 is 2.78 bits per heavy atom. The Bertz CT molecular complexity index is 1040. The standard InChI is InChI=1S/C19H23N5O2S/c1-19(9-5-10-20-13-19)23-17-16-8-11-24(18(16)22-14-21-17)27(25,26)12-15-6-3-2-4-7-15/h2-4,6-8,11,14,20H,5,9-10,12-13H2,1H3,(H,21,22,23). The van der Waals surface area contributed by atoms with Crippen molar-refractivity contribution in [2.24, 2.45) is 0 Å². The molecule has 142 valence electrons. The fourth-order valence-electron chi connectivity index (χ4n) is 3.56. The number of hydrogen-bond donors (Lipinski definition) is 2. The van der Waals surface area contributed by atoms with E-state index in [-0.39, 0.29) is 11.3 Å². The van der Waals surface area contributed by atoms with E-state index in [0.717, 1.165) is 31.5 Å². The van der Waals surface area contributed by atoms with Crippen LogP contribution in [0.3, 0.4) is 0 Å². The number of nitrogens with one attached hydrogen (secondary N) is 2. The highest BCUT2D eigenvalue weighted by atomic mass is 32.2. The van der Waals surface area contributed by atoms with Crippen LogP contribution in [0.15, 0.2) is 48.9 Å². The molecule has 3 aromatic rings. The van der Waals surface area contributed by atoms with Crippen LogP contribution < -0.4 is 10.6 Å². The lowest BCUT2D eigenvalue weighted by atomic mass is 9.92. The van der Waals surface area contributed by atoms with Gasteiger partial charge in [0.1, 0.15) is 12.1 Å². The van der Waals surface area contributed by atoms with Crippen LogP contribution in [-0.2, 0) is 15.8 Å². The van der Waals surface area contributed by atoms with Gasteiger partial charge in [0.15, 0.2) is 5.65 Å². The Morgan fingerprint density at radius 1 is 1.22 bits per heavy atom.